The zero-order chi connectivity index (χ0) is 17.2. The summed E-state index contributed by atoms with van der Waals surface area (Å²) in [6.07, 6.45) is 1.98. The summed E-state index contributed by atoms with van der Waals surface area (Å²) in [4.78, 5) is 17.3. The van der Waals surface area contributed by atoms with Crippen molar-refractivity contribution in [2.45, 2.75) is 18.9 Å². The average Bonchev–Trinajstić information content (AvgIpc) is 2.58. The van der Waals surface area contributed by atoms with E-state index in [4.69, 9.17) is 0 Å². The standard InChI is InChI=1S/C18H19FN2O3/c19-14-11-20-8-6-15(14)21-9-7-18(17(23)24,16(22)12-21)10-13-4-2-1-3-5-13/h1-6,8,11,16,22H,7,9-10,12H2,(H,23,24)/t16-,18+/m0/s1. The molecule has 0 unspecified atom stereocenters. The summed E-state index contributed by atoms with van der Waals surface area (Å²) in [5, 5.41) is 20.4. The zero-order valence-corrected chi connectivity index (χ0v) is 13.1. The number of halogens is 1. The van der Waals surface area contributed by atoms with Gasteiger partial charge in [-0.2, -0.15) is 0 Å². The number of carboxylic acid groups (broad SMARTS) is 1. The monoisotopic (exact) mass is 330 g/mol. The van der Waals surface area contributed by atoms with Crippen LogP contribution in [0.4, 0.5) is 10.1 Å². The minimum Gasteiger partial charge on any atom is -0.481 e. The molecule has 5 nitrogen and oxygen atoms in total. The Labute approximate surface area is 139 Å². The van der Waals surface area contributed by atoms with Gasteiger partial charge in [0.15, 0.2) is 5.82 Å². The van der Waals surface area contributed by atoms with E-state index in [2.05, 4.69) is 4.98 Å². The number of carbonyl (C=O) groups is 1. The Balaban J connectivity index is 1.84. The molecule has 3 rings (SSSR count). The minimum absolute atomic E-state index is 0.0695. The van der Waals surface area contributed by atoms with Gasteiger partial charge in [-0.25, -0.2) is 4.39 Å². The molecule has 1 aliphatic rings. The van der Waals surface area contributed by atoms with Crippen molar-refractivity contribution in [1.29, 1.82) is 0 Å². The van der Waals surface area contributed by atoms with E-state index in [1.54, 1.807) is 4.90 Å². The number of aliphatic hydroxyl groups excluding tert-OH is 1. The van der Waals surface area contributed by atoms with Gasteiger partial charge in [0, 0.05) is 19.3 Å². The number of anilines is 1. The van der Waals surface area contributed by atoms with Crippen LogP contribution in [0.1, 0.15) is 12.0 Å². The van der Waals surface area contributed by atoms with Gasteiger partial charge < -0.3 is 15.1 Å². The van der Waals surface area contributed by atoms with Crippen LogP contribution < -0.4 is 4.90 Å². The summed E-state index contributed by atoms with van der Waals surface area (Å²) in [5.41, 5.74) is -0.0632. The highest BCUT2D eigenvalue weighted by Crippen LogP contribution is 2.37. The van der Waals surface area contributed by atoms with E-state index in [1.165, 1.54) is 12.3 Å². The zero-order valence-electron chi connectivity index (χ0n) is 13.1. The van der Waals surface area contributed by atoms with Crippen LogP contribution in [0.25, 0.3) is 0 Å². The SMILES string of the molecule is O=C(O)[C@@]1(Cc2ccccc2)CCN(c2ccncc2F)C[C@@H]1O. The molecule has 1 aromatic heterocycles. The fourth-order valence-corrected chi connectivity index (χ4v) is 3.31. The van der Waals surface area contributed by atoms with Crippen LogP contribution >= 0.6 is 0 Å². The van der Waals surface area contributed by atoms with E-state index < -0.39 is 23.3 Å². The van der Waals surface area contributed by atoms with Crippen molar-refractivity contribution >= 4 is 11.7 Å². The Morgan fingerprint density at radius 3 is 2.71 bits per heavy atom. The molecule has 126 valence electrons. The van der Waals surface area contributed by atoms with Crippen LogP contribution in [0.15, 0.2) is 48.8 Å². The Hall–Kier alpha value is -2.47. The number of hydrogen-bond acceptors (Lipinski definition) is 4. The molecule has 0 aliphatic carbocycles. The molecular formula is C18H19FN2O3. The summed E-state index contributed by atoms with van der Waals surface area (Å²) < 4.78 is 13.9. The summed E-state index contributed by atoms with van der Waals surface area (Å²) in [5.74, 6) is -1.50. The van der Waals surface area contributed by atoms with Crippen molar-refractivity contribution in [2.24, 2.45) is 5.41 Å². The number of carboxylic acids is 1. The van der Waals surface area contributed by atoms with Gasteiger partial charge in [0.05, 0.1) is 18.0 Å². The lowest BCUT2D eigenvalue weighted by Crippen LogP contribution is -2.56. The first-order valence-electron chi connectivity index (χ1n) is 7.83. The number of hydrogen-bond donors (Lipinski definition) is 2. The number of rotatable bonds is 4. The molecule has 2 heterocycles. The van der Waals surface area contributed by atoms with E-state index >= 15 is 0 Å². The van der Waals surface area contributed by atoms with Gasteiger partial charge in [0.1, 0.15) is 5.41 Å². The first-order chi connectivity index (χ1) is 11.5. The predicted molar refractivity (Wildman–Crippen MR) is 87.2 cm³/mol. The normalized spacial score (nSPS) is 23.9. The topological polar surface area (TPSA) is 73.7 Å². The van der Waals surface area contributed by atoms with Crippen molar-refractivity contribution in [2.75, 3.05) is 18.0 Å². The number of nitrogens with zero attached hydrogens (tertiary/aromatic N) is 2. The van der Waals surface area contributed by atoms with Crippen LogP contribution in [0.2, 0.25) is 0 Å². The van der Waals surface area contributed by atoms with Gasteiger partial charge >= 0.3 is 5.97 Å². The molecule has 0 bridgehead atoms. The highest BCUT2D eigenvalue weighted by Gasteiger charge is 2.48. The lowest BCUT2D eigenvalue weighted by atomic mass is 9.71. The summed E-state index contributed by atoms with van der Waals surface area (Å²) >= 11 is 0. The maximum absolute atomic E-state index is 13.9. The fourth-order valence-electron chi connectivity index (χ4n) is 3.31. The van der Waals surface area contributed by atoms with Crippen molar-refractivity contribution < 1.29 is 19.4 Å². The van der Waals surface area contributed by atoms with Crippen molar-refractivity contribution in [1.82, 2.24) is 4.98 Å². The maximum atomic E-state index is 13.9. The van der Waals surface area contributed by atoms with Gasteiger partial charge in [0.25, 0.3) is 0 Å². The second kappa shape index (κ2) is 6.57. The van der Waals surface area contributed by atoms with E-state index in [1.807, 2.05) is 30.3 Å². The van der Waals surface area contributed by atoms with Crippen molar-refractivity contribution in [3.63, 3.8) is 0 Å². The number of pyridine rings is 1. The smallest absolute Gasteiger partial charge is 0.312 e. The van der Waals surface area contributed by atoms with Crippen molar-refractivity contribution in [3.8, 4) is 0 Å². The fraction of sp³-hybridized carbons (Fsp3) is 0.333. The maximum Gasteiger partial charge on any atom is 0.312 e. The van der Waals surface area contributed by atoms with Gasteiger partial charge in [-0.3, -0.25) is 9.78 Å². The Bertz CT molecular complexity index is 725. The van der Waals surface area contributed by atoms with Gasteiger partial charge in [-0.15, -0.1) is 0 Å². The molecule has 6 heteroatoms. The number of aliphatic carboxylic acids is 1. The number of aliphatic hydroxyl groups is 1. The lowest BCUT2D eigenvalue weighted by Gasteiger charge is -2.43. The molecule has 0 spiro atoms. The average molecular weight is 330 g/mol. The third-order valence-corrected chi connectivity index (χ3v) is 4.74. The van der Waals surface area contributed by atoms with E-state index in [0.29, 0.717) is 12.2 Å². The van der Waals surface area contributed by atoms with Crippen LogP contribution in [-0.2, 0) is 11.2 Å². The van der Waals surface area contributed by atoms with Gasteiger partial charge in [-0.1, -0.05) is 30.3 Å². The highest BCUT2D eigenvalue weighted by atomic mass is 19.1. The molecule has 24 heavy (non-hydrogen) atoms. The van der Waals surface area contributed by atoms with Crippen LogP contribution in [0, 0.1) is 11.2 Å². The summed E-state index contributed by atoms with van der Waals surface area (Å²) in [6, 6.07) is 10.8. The molecule has 2 atom stereocenters. The molecule has 1 aromatic carbocycles. The first kappa shape index (κ1) is 16.4. The Morgan fingerprint density at radius 2 is 2.08 bits per heavy atom. The minimum atomic E-state index is -1.26. The summed E-state index contributed by atoms with van der Waals surface area (Å²) in [7, 11) is 0. The van der Waals surface area contributed by atoms with E-state index in [0.717, 1.165) is 11.8 Å². The molecule has 2 N–H and O–H groups in total. The Morgan fingerprint density at radius 1 is 1.33 bits per heavy atom. The number of β-amino-alcohol motifs (C(OH)–C–C–N with tert-alkyl or cyclic N) is 1. The van der Waals surface area contributed by atoms with Crippen LogP contribution in [-0.4, -0.2) is 40.4 Å². The van der Waals surface area contributed by atoms with Gasteiger partial charge in [0.2, 0.25) is 0 Å². The molecule has 0 radical (unpaired) electrons. The predicted octanol–water partition coefficient (Wildman–Crippen LogP) is 2.11. The lowest BCUT2D eigenvalue weighted by molar-refractivity contribution is -0.158. The number of piperidine rings is 1. The van der Waals surface area contributed by atoms with E-state index in [9.17, 15) is 19.4 Å². The first-order valence-corrected chi connectivity index (χ1v) is 7.83. The quantitative estimate of drug-likeness (QED) is 0.898. The van der Waals surface area contributed by atoms with Gasteiger partial charge in [-0.05, 0) is 24.5 Å². The number of benzene rings is 1. The summed E-state index contributed by atoms with van der Waals surface area (Å²) in [6.45, 7) is 0.428. The van der Waals surface area contributed by atoms with Crippen LogP contribution in [0.5, 0.6) is 0 Å². The van der Waals surface area contributed by atoms with Crippen LogP contribution in [0.3, 0.4) is 0 Å². The second-order valence-corrected chi connectivity index (χ2v) is 6.16. The second-order valence-electron chi connectivity index (χ2n) is 6.16. The molecule has 1 saturated heterocycles. The molecule has 2 aromatic rings. The molecule has 1 fully saturated rings. The molecular weight excluding hydrogens is 311 g/mol. The third kappa shape index (κ3) is 2.97. The highest BCUT2D eigenvalue weighted by molar-refractivity contribution is 5.76. The molecule has 0 saturated carbocycles. The largest absolute Gasteiger partial charge is 0.481 e. The molecule has 1 aliphatic heterocycles. The van der Waals surface area contributed by atoms with E-state index in [-0.39, 0.29) is 19.4 Å². The Kier molecular flexibility index (Phi) is 4.49. The third-order valence-electron chi connectivity index (χ3n) is 4.74. The molecule has 0 amide bonds. The van der Waals surface area contributed by atoms with Crippen molar-refractivity contribution in [3.05, 3.63) is 60.2 Å². The number of aromatic nitrogens is 1.